The van der Waals surface area contributed by atoms with Crippen LogP contribution in [-0.4, -0.2) is 43.2 Å². The number of benzene rings is 1. The molecule has 1 saturated heterocycles. The van der Waals surface area contributed by atoms with Gasteiger partial charge in [-0.1, -0.05) is 23.2 Å². The zero-order chi connectivity index (χ0) is 13.8. The van der Waals surface area contributed by atoms with Crippen molar-refractivity contribution in [2.24, 2.45) is 0 Å². The van der Waals surface area contributed by atoms with Gasteiger partial charge in [0, 0.05) is 24.2 Å². The average molecular weight is 304 g/mol. The Kier molecular flexibility index (Phi) is 4.91. The van der Waals surface area contributed by atoms with Crippen LogP contribution in [0, 0.1) is 0 Å². The minimum Gasteiger partial charge on any atom is -0.482 e. The number of amides is 1. The number of carbonyl (C=O) groups excluding carboxylic acids is 1. The Labute approximate surface area is 122 Å². The molecule has 1 aliphatic rings. The Morgan fingerprint density at radius 2 is 2.32 bits per heavy atom. The molecule has 1 heterocycles. The van der Waals surface area contributed by atoms with Gasteiger partial charge < -0.3 is 14.4 Å². The van der Waals surface area contributed by atoms with Crippen LogP contribution >= 0.6 is 23.2 Å². The lowest BCUT2D eigenvalue weighted by molar-refractivity contribution is -0.140. The summed E-state index contributed by atoms with van der Waals surface area (Å²) in [5.41, 5.74) is 0. The van der Waals surface area contributed by atoms with Crippen molar-refractivity contribution in [1.82, 2.24) is 4.90 Å². The maximum absolute atomic E-state index is 12.0. The quantitative estimate of drug-likeness (QED) is 0.861. The molecule has 1 aliphatic heterocycles. The van der Waals surface area contributed by atoms with Gasteiger partial charge in [0.2, 0.25) is 0 Å². The third kappa shape index (κ3) is 4.00. The van der Waals surface area contributed by atoms with E-state index in [4.69, 9.17) is 32.7 Å². The topological polar surface area (TPSA) is 38.8 Å². The van der Waals surface area contributed by atoms with Crippen LogP contribution in [0.2, 0.25) is 10.0 Å². The van der Waals surface area contributed by atoms with Crippen molar-refractivity contribution in [2.75, 3.05) is 26.3 Å². The molecule has 0 radical (unpaired) electrons. The van der Waals surface area contributed by atoms with Crippen LogP contribution in [0.5, 0.6) is 5.75 Å². The van der Waals surface area contributed by atoms with Gasteiger partial charge in [0.1, 0.15) is 5.75 Å². The van der Waals surface area contributed by atoms with Gasteiger partial charge >= 0.3 is 0 Å². The van der Waals surface area contributed by atoms with Crippen LogP contribution in [0.3, 0.4) is 0 Å². The van der Waals surface area contributed by atoms with E-state index in [2.05, 4.69) is 0 Å². The van der Waals surface area contributed by atoms with Crippen LogP contribution in [0.4, 0.5) is 0 Å². The van der Waals surface area contributed by atoms with E-state index in [1.54, 1.807) is 23.1 Å². The number of hydrogen-bond donors (Lipinski definition) is 0. The van der Waals surface area contributed by atoms with Crippen molar-refractivity contribution in [3.05, 3.63) is 28.2 Å². The minimum atomic E-state index is -0.0776. The molecule has 19 heavy (non-hydrogen) atoms. The molecular weight excluding hydrogens is 289 g/mol. The smallest absolute Gasteiger partial charge is 0.260 e. The highest BCUT2D eigenvalue weighted by Gasteiger charge is 2.21. The molecule has 2 rings (SSSR count). The van der Waals surface area contributed by atoms with Crippen LogP contribution < -0.4 is 4.74 Å². The van der Waals surface area contributed by atoms with Crippen molar-refractivity contribution in [1.29, 1.82) is 0 Å². The van der Waals surface area contributed by atoms with Crippen molar-refractivity contribution in [3.8, 4) is 5.75 Å². The summed E-state index contributed by atoms with van der Waals surface area (Å²) in [7, 11) is 0. The molecular formula is C13H15Cl2NO3. The summed E-state index contributed by atoms with van der Waals surface area (Å²) < 4.78 is 10.8. The Balaban J connectivity index is 1.91. The van der Waals surface area contributed by atoms with E-state index in [9.17, 15) is 4.79 Å². The molecule has 0 aromatic heterocycles. The average Bonchev–Trinajstić information content (AvgIpc) is 2.39. The Hall–Kier alpha value is -0.970. The number of nitrogens with zero attached hydrogens (tertiary/aromatic N) is 1. The molecule has 0 bridgehead atoms. The lowest BCUT2D eigenvalue weighted by atomic mass is 10.3. The molecule has 6 heteroatoms. The zero-order valence-electron chi connectivity index (χ0n) is 10.6. The predicted octanol–water partition coefficient (Wildman–Crippen LogP) is 2.62. The van der Waals surface area contributed by atoms with Crippen molar-refractivity contribution < 1.29 is 14.3 Å². The van der Waals surface area contributed by atoms with E-state index < -0.39 is 0 Å². The number of halogens is 2. The maximum atomic E-state index is 12.0. The van der Waals surface area contributed by atoms with Gasteiger partial charge in [-0.25, -0.2) is 0 Å². The molecule has 1 atom stereocenters. The normalized spacial score (nSPS) is 19.3. The largest absolute Gasteiger partial charge is 0.482 e. The van der Waals surface area contributed by atoms with Gasteiger partial charge in [0.25, 0.3) is 5.91 Å². The van der Waals surface area contributed by atoms with Crippen LogP contribution in [0.25, 0.3) is 0 Å². The molecule has 1 fully saturated rings. The first kappa shape index (κ1) is 14.4. The molecule has 1 aromatic rings. The van der Waals surface area contributed by atoms with Crippen molar-refractivity contribution in [2.45, 2.75) is 13.0 Å². The molecule has 104 valence electrons. The summed E-state index contributed by atoms with van der Waals surface area (Å²) in [5, 5.41) is 0.958. The highest BCUT2D eigenvalue weighted by molar-refractivity contribution is 6.34. The maximum Gasteiger partial charge on any atom is 0.260 e. The van der Waals surface area contributed by atoms with Crippen LogP contribution in [0.1, 0.15) is 6.92 Å². The van der Waals surface area contributed by atoms with Crippen LogP contribution in [0.15, 0.2) is 18.2 Å². The molecule has 0 spiro atoms. The summed E-state index contributed by atoms with van der Waals surface area (Å²) in [6.45, 7) is 3.63. The third-order valence-electron chi connectivity index (χ3n) is 2.84. The summed E-state index contributed by atoms with van der Waals surface area (Å²) >= 11 is 11.8. The van der Waals surface area contributed by atoms with E-state index in [0.29, 0.717) is 35.5 Å². The molecule has 0 N–H and O–H groups in total. The van der Waals surface area contributed by atoms with E-state index in [1.807, 2.05) is 6.92 Å². The second kappa shape index (κ2) is 6.46. The highest BCUT2D eigenvalue weighted by atomic mass is 35.5. The number of ether oxygens (including phenoxy) is 2. The zero-order valence-corrected chi connectivity index (χ0v) is 12.1. The molecule has 0 aliphatic carbocycles. The minimum absolute atomic E-state index is 0.0488. The first-order chi connectivity index (χ1) is 9.06. The summed E-state index contributed by atoms with van der Waals surface area (Å²) in [5.74, 6) is 0.343. The second-order valence-electron chi connectivity index (χ2n) is 4.38. The van der Waals surface area contributed by atoms with E-state index >= 15 is 0 Å². The molecule has 1 unspecified atom stereocenters. The standard InChI is InChI=1S/C13H15Cl2NO3/c1-9-7-16(4-5-18-9)13(17)8-19-12-6-10(14)2-3-11(12)15/h2-3,6,9H,4-5,7-8H2,1H3. The highest BCUT2D eigenvalue weighted by Crippen LogP contribution is 2.27. The summed E-state index contributed by atoms with van der Waals surface area (Å²) in [6, 6.07) is 4.90. The number of rotatable bonds is 3. The van der Waals surface area contributed by atoms with E-state index in [0.717, 1.165) is 0 Å². The predicted molar refractivity (Wildman–Crippen MR) is 74.0 cm³/mol. The van der Waals surface area contributed by atoms with E-state index in [-0.39, 0.29) is 18.6 Å². The summed E-state index contributed by atoms with van der Waals surface area (Å²) in [4.78, 5) is 13.7. The van der Waals surface area contributed by atoms with E-state index in [1.165, 1.54) is 0 Å². The lowest BCUT2D eigenvalue weighted by Gasteiger charge is -2.31. The number of morpholine rings is 1. The molecule has 4 nitrogen and oxygen atoms in total. The molecule has 1 aromatic carbocycles. The first-order valence-electron chi connectivity index (χ1n) is 6.03. The lowest BCUT2D eigenvalue weighted by Crippen LogP contribution is -2.46. The first-order valence-corrected chi connectivity index (χ1v) is 6.79. The third-order valence-corrected chi connectivity index (χ3v) is 3.39. The fourth-order valence-corrected chi connectivity index (χ4v) is 2.20. The molecule has 0 saturated carbocycles. The monoisotopic (exact) mass is 303 g/mol. The van der Waals surface area contributed by atoms with Gasteiger partial charge in [-0.2, -0.15) is 0 Å². The Morgan fingerprint density at radius 3 is 3.05 bits per heavy atom. The SMILES string of the molecule is CC1CN(C(=O)COc2cc(Cl)ccc2Cl)CCO1. The summed E-state index contributed by atoms with van der Waals surface area (Å²) in [6.07, 6.45) is 0.0625. The Bertz CT molecular complexity index is 467. The van der Waals surface area contributed by atoms with Crippen molar-refractivity contribution in [3.63, 3.8) is 0 Å². The van der Waals surface area contributed by atoms with Gasteiger partial charge in [-0.15, -0.1) is 0 Å². The number of hydrogen-bond acceptors (Lipinski definition) is 3. The fourth-order valence-electron chi connectivity index (χ4n) is 1.86. The van der Waals surface area contributed by atoms with Gasteiger partial charge in [0.05, 0.1) is 17.7 Å². The fraction of sp³-hybridized carbons (Fsp3) is 0.462. The van der Waals surface area contributed by atoms with Crippen molar-refractivity contribution >= 4 is 29.1 Å². The van der Waals surface area contributed by atoms with Gasteiger partial charge in [0.15, 0.2) is 6.61 Å². The van der Waals surface area contributed by atoms with Crippen LogP contribution in [-0.2, 0) is 9.53 Å². The molecule has 1 amide bonds. The second-order valence-corrected chi connectivity index (χ2v) is 5.23. The number of carbonyl (C=O) groups is 1. The van der Waals surface area contributed by atoms with Gasteiger partial charge in [-0.05, 0) is 19.1 Å². The van der Waals surface area contributed by atoms with Gasteiger partial charge in [-0.3, -0.25) is 4.79 Å². The Morgan fingerprint density at radius 1 is 1.53 bits per heavy atom.